The van der Waals surface area contributed by atoms with Crippen LogP contribution >= 0.6 is 22.6 Å². The lowest BCUT2D eigenvalue weighted by Gasteiger charge is -2.08. The van der Waals surface area contributed by atoms with Gasteiger partial charge in [0, 0.05) is 15.8 Å². The highest BCUT2D eigenvalue weighted by atomic mass is 127. The molecular weight excluding hydrogens is 381 g/mol. The van der Waals surface area contributed by atoms with E-state index in [0.717, 1.165) is 3.57 Å². The average molecular weight is 393 g/mol. The van der Waals surface area contributed by atoms with Crippen molar-refractivity contribution >= 4 is 28.5 Å². The maximum Gasteiger partial charge on any atom is 0.252 e. The van der Waals surface area contributed by atoms with Crippen molar-refractivity contribution in [1.29, 1.82) is 5.26 Å². The second-order valence-corrected chi connectivity index (χ2v) is 5.24. The minimum atomic E-state index is -0.137. The van der Waals surface area contributed by atoms with Gasteiger partial charge in [-0.2, -0.15) is 5.26 Å². The van der Waals surface area contributed by atoms with E-state index in [4.69, 9.17) is 10.00 Å². The monoisotopic (exact) mass is 393 g/mol. The molecule has 0 radical (unpaired) electrons. The first-order chi connectivity index (χ1) is 10.2. The van der Waals surface area contributed by atoms with E-state index in [2.05, 4.69) is 32.9 Å². The van der Waals surface area contributed by atoms with Gasteiger partial charge in [-0.15, -0.1) is 0 Å². The van der Waals surface area contributed by atoms with Gasteiger partial charge in [-0.1, -0.05) is 12.1 Å². The molecular formula is C15H12IN3O2. The average Bonchev–Trinajstić information content (AvgIpc) is 2.52. The lowest BCUT2D eigenvalue weighted by Crippen LogP contribution is -2.28. The van der Waals surface area contributed by atoms with Crippen LogP contribution in [0.5, 0.6) is 5.88 Å². The van der Waals surface area contributed by atoms with Gasteiger partial charge >= 0.3 is 0 Å². The van der Waals surface area contributed by atoms with Crippen LogP contribution in [0.2, 0.25) is 0 Å². The molecule has 0 aliphatic heterocycles. The molecule has 2 rings (SSSR count). The topological polar surface area (TPSA) is 75.0 Å². The zero-order valence-electron chi connectivity index (χ0n) is 11.0. The van der Waals surface area contributed by atoms with E-state index in [1.54, 1.807) is 18.2 Å². The van der Waals surface area contributed by atoms with Crippen molar-refractivity contribution in [2.45, 2.75) is 0 Å². The first-order valence-electron chi connectivity index (χ1n) is 6.22. The summed E-state index contributed by atoms with van der Waals surface area (Å²) < 4.78 is 6.29. The van der Waals surface area contributed by atoms with Crippen LogP contribution < -0.4 is 10.1 Å². The van der Waals surface area contributed by atoms with Crippen LogP contribution in [0.25, 0.3) is 0 Å². The summed E-state index contributed by atoms with van der Waals surface area (Å²) in [5, 5.41) is 11.5. The normalized spacial score (nSPS) is 9.71. The summed E-state index contributed by atoms with van der Waals surface area (Å²) in [5.41, 5.74) is 1.13. The second kappa shape index (κ2) is 7.59. The number of pyridine rings is 1. The molecule has 1 heterocycles. The number of ether oxygens (including phenoxy) is 1. The molecule has 0 aliphatic rings. The second-order valence-electron chi connectivity index (χ2n) is 4.08. The molecule has 1 amide bonds. The fraction of sp³-hybridized carbons (Fsp3) is 0.133. The summed E-state index contributed by atoms with van der Waals surface area (Å²) >= 11 is 2.12. The predicted molar refractivity (Wildman–Crippen MR) is 85.9 cm³/mol. The Bertz CT molecular complexity index is 683. The number of halogens is 1. The van der Waals surface area contributed by atoms with Crippen LogP contribution in [0.4, 0.5) is 0 Å². The molecule has 1 aromatic heterocycles. The third-order valence-electron chi connectivity index (χ3n) is 2.62. The van der Waals surface area contributed by atoms with E-state index >= 15 is 0 Å². The van der Waals surface area contributed by atoms with Crippen molar-refractivity contribution in [2.24, 2.45) is 0 Å². The first kappa shape index (κ1) is 15.3. The van der Waals surface area contributed by atoms with Crippen molar-refractivity contribution in [3.8, 4) is 11.9 Å². The van der Waals surface area contributed by atoms with Crippen LogP contribution in [0.3, 0.4) is 0 Å². The van der Waals surface area contributed by atoms with Crippen LogP contribution in [-0.4, -0.2) is 24.0 Å². The van der Waals surface area contributed by atoms with Crippen LogP contribution in [-0.2, 0) is 0 Å². The molecule has 0 spiro atoms. The van der Waals surface area contributed by atoms with Gasteiger partial charge in [0.25, 0.3) is 5.91 Å². The Hall–Kier alpha value is -2.14. The highest BCUT2D eigenvalue weighted by Crippen LogP contribution is 2.11. The minimum Gasteiger partial charge on any atom is -0.476 e. The molecule has 0 unspecified atom stereocenters. The van der Waals surface area contributed by atoms with Gasteiger partial charge in [-0.3, -0.25) is 4.79 Å². The summed E-state index contributed by atoms with van der Waals surface area (Å²) in [4.78, 5) is 15.9. The number of nitrogens with zero attached hydrogens (tertiary/aromatic N) is 2. The van der Waals surface area contributed by atoms with Crippen molar-refractivity contribution in [1.82, 2.24) is 10.3 Å². The van der Waals surface area contributed by atoms with Crippen LogP contribution in [0.1, 0.15) is 15.9 Å². The number of hydrogen-bond acceptors (Lipinski definition) is 4. The Morgan fingerprint density at radius 1 is 1.38 bits per heavy atom. The largest absolute Gasteiger partial charge is 0.476 e. The fourth-order valence-electron chi connectivity index (χ4n) is 1.62. The van der Waals surface area contributed by atoms with Crippen molar-refractivity contribution in [2.75, 3.05) is 13.2 Å². The molecule has 0 saturated heterocycles. The molecule has 2 aromatic rings. The summed E-state index contributed by atoms with van der Waals surface area (Å²) in [6.45, 7) is 0.652. The highest BCUT2D eigenvalue weighted by Gasteiger charge is 2.08. The number of carbonyl (C=O) groups is 1. The quantitative estimate of drug-likeness (QED) is 0.625. The molecule has 5 nitrogen and oxygen atoms in total. The van der Waals surface area contributed by atoms with Gasteiger partial charge in [0.1, 0.15) is 6.61 Å². The molecule has 106 valence electrons. The third-order valence-corrected chi connectivity index (χ3v) is 3.56. The highest BCUT2D eigenvalue weighted by molar-refractivity contribution is 14.1. The van der Waals surface area contributed by atoms with Crippen LogP contribution in [0.15, 0.2) is 42.6 Å². The molecule has 1 aromatic carbocycles. The molecule has 0 aliphatic carbocycles. The van der Waals surface area contributed by atoms with Gasteiger partial charge in [0.05, 0.1) is 23.7 Å². The number of carbonyl (C=O) groups excluding carboxylic acids is 1. The van der Waals surface area contributed by atoms with Gasteiger partial charge in [-0.25, -0.2) is 4.98 Å². The number of rotatable bonds is 5. The Morgan fingerprint density at radius 3 is 2.95 bits per heavy atom. The van der Waals surface area contributed by atoms with Gasteiger partial charge in [0.2, 0.25) is 5.88 Å². The smallest absolute Gasteiger partial charge is 0.252 e. The molecule has 0 bridgehead atoms. The van der Waals surface area contributed by atoms with Gasteiger partial charge in [-0.05, 0) is 40.8 Å². The molecule has 0 saturated carbocycles. The Kier molecular flexibility index (Phi) is 5.51. The first-order valence-corrected chi connectivity index (χ1v) is 7.30. The Morgan fingerprint density at radius 2 is 2.19 bits per heavy atom. The standard InChI is InChI=1S/C15H12IN3O2/c16-13-4-2-1-3-12(13)15(20)19-7-8-21-14-9-11(10-17)5-6-18-14/h1-6,9H,7-8H2,(H,19,20). The Labute approximate surface area is 136 Å². The minimum absolute atomic E-state index is 0.137. The predicted octanol–water partition coefficient (Wildman–Crippen LogP) is 2.37. The van der Waals surface area contributed by atoms with Crippen LogP contribution in [0, 0.1) is 14.9 Å². The number of nitriles is 1. The number of amides is 1. The van der Waals surface area contributed by atoms with E-state index in [1.807, 2.05) is 24.3 Å². The summed E-state index contributed by atoms with van der Waals surface area (Å²) in [6.07, 6.45) is 1.51. The molecule has 1 N–H and O–H groups in total. The van der Waals surface area contributed by atoms with Gasteiger partial charge < -0.3 is 10.1 Å². The maximum atomic E-state index is 11.9. The Balaban J connectivity index is 1.81. The summed E-state index contributed by atoms with van der Waals surface area (Å²) in [7, 11) is 0. The molecule has 6 heteroatoms. The van der Waals surface area contributed by atoms with Crippen molar-refractivity contribution in [3.05, 3.63) is 57.3 Å². The number of benzene rings is 1. The maximum absolute atomic E-state index is 11.9. The lowest BCUT2D eigenvalue weighted by atomic mass is 10.2. The number of nitrogens with one attached hydrogen (secondary N) is 1. The molecule has 0 atom stereocenters. The van der Waals surface area contributed by atoms with Crippen molar-refractivity contribution < 1.29 is 9.53 Å². The molecule has 0 fully saturated rings. The van der Waals surface area contributed by atoms with E-state index < -0.39 is 0 Å². The van der Waals surface area contributed by atoms with Gasteiger partial charge in [0.15, 0.2) is 0 Å². The van der Waals surface area contributed by atoms with Crippen molar-refractivity contribution in [3.63, 3.8) is 0 Å². The van der Waals surface area contributed by atoms with E-state index in [9.17, 15) is 4.79 Å². The van der Waals surface area contributed by atoms with E-state index in [1.165, 1.54) is 6.20 Å². The molecule has 21 heavy (non-hydrogen) atoms. The van der Waals surface area contributed by atoms with E-state index in [-0.39, 0.29) is 12.5 Å². The zero-order valence-corrected chi connectivity index (χ0v) is 13.2. The third kappa shape index (κ3) is 4.43. The van der Waals surface area contributed by atoms with E-state index in [0.29, 0.717) is 23.6 Å². The lowest BCUT2D eigenvalue weighted by molar-refractivity contribution is 0.0945. The summed E-state index contributed by atoms with van der Waals surface area (Å²) in [5.74, 6) is 0.236. The summed E-state index contributed by atoms with van der Waals surface area (Å²) in [6, 6.07) is 12.5. The SMILES string of the molecule is N#Cc1ccnc(OCCNC(=O)c2ccccc2I)c1. The fourth-order valence-corrected chi connectivity index (χ4v) is 2.25. The number of aromatic nitrogens is 1. The zero-order chi connectivity index (χ0) is 15.1. The number of hydrogen-bond donors (Lipinski definition) is 1.